The van der Waals surface area contributed by atoms with Gasteiger partial charge in [-0.2, -0.15) is 0 Å². The van der Waals surface area contributed by atoms with Crippen LogP contribution < -0.4 is 0 Å². The summed E-state index contributed by atoms with van der Waals surface area (Å²) in [5.41, 5.74) is -0.847. The Morgan fingerprint density at radius 1 is 1.09 bits per heavy atom. The number of benzene rings is 1. The third-order valence-electron chi connectivity index (χ3n) is 4.55. The highest BCUT2D eigenvalue weighted by Crippen LogP contribution is 2.48. The summed E-state index contributed by atoms with van der Waals surface area (Å²) in [6.45, 7) is 1.87. The van der Waals surface area contributed by atoms with Crippen LogP contribution in [0.25, 0.3) is 0 Å². The molecule has 23 heavy (non-hydrogen) atoms. The zero-order valence-electron chi connectivity index (χ0n) is 13.3. The molecule has 0 unspecified atom stereocenters. The van der Waals surface area contributed by atoms with E-state index in [2.05, 4.69) is 15.9 Å². The van der Waals surface area contributed by atoms with Crippen molar-refractivity contribution in [2.75, 3.05) is 14.2 Å². The fourth-order valence-corrected chi connectivity index (χ4v) is 3.85. The van der Waals surface area contributed by atoms with Gasteiger partial charge in [0.15, 0.2) is 11.2 Å². The molecule has 0 N–H and O–H groups in total. The largest absolute Gasteiger partial charge is 0.468 e. The smallest absolute Gasteiger partial charge is 0.323 e. The Hall–Kier alpha value is -1.69. The highest BCUT2D eigenvalue weighted by molar-refractivity contribution is 9.10. The van der Waals surface area contributed by atoms with Crippen LogP contribution in [0.2, 0.25) is 0 Å². The van der Waals surface area contributed by atoms with E-state index in [0.29, 0.717) is 10.0 Å². The molecule has 0 bridgehead atoms. The number of methoxy groups -OCH3 is 2. The van der Waals surface area contributed by atoms with E-state index in [1.54, 1.807) is 18.2 Å². The summed E-state index contributed by atoms with van der Waals surface area (Å²) in [6.07, 6.45) is 0.348. The van der Waals surface area contributed by atoms with Gasteiger partial charge in [-0.3, -0.25) is 14.4 Å². The first kappa shape index (κ1) is 17.7. The molecule has 0 radical (unpaired) electrons. The van der Waals surface area contributed by atoms with Gasteiger partial charge in [-0.05, 0) is 24.8 Å². The number of ketones is 1. The zero-order chi connectivity index (χ0) is 17.2. The fourth-order valence-electron chi connectivity index (χ4n) is 3.37. The van der Waals surface area contributed by atoms with Crippen LogP contribution in [0.3, 0.4) is 0 Å². The molecule has 1 aromatic rings. The minimum absolute atomic E-state index is 0.0837. The topological polar surface area (TPSA) is 69.7 Å². The number of hydrogen-bond acceptors (Lipinski definition) is 5. The quantitative estimate of drug-likeness (QED) is 0.454. The van der Waals surface area contributed by atoms with Gasteiger partial charge < -0.3 is 9.47 Å². The summed E-state index contributed by atoms with van der Waals surface area (Å²) in [7, 11) is 2.47. The molecular formula is C17H19BrO5. The summed E-state index contributed by atoms with van der Waals surface area (Å²) in [4.78, 5) is 37.3. The Morgan fingerprint density at radius 2 is 1.65 bits per heavy atom. The van der Waals surface area contributed by atoms with Crippen molar-refractivity contribution in [1.29, 1.82) is 0 Å². The molecule has 0 amide bonds. The van der Waals surface area contributed by atoms with E-state index >= 15 is 0 Å². The summed E-state index contributed by atoms with van der Waals surface area (Å²) >= 11 is 3.37. The van der Waals surface area contributed by atoms with Crippen molar-refractivity contribution < 1.29 is 23.9 Å². The molecule has 0 aliphatic heterocycles. The first-order valence-corrected chi connectivity index (χ1v) is 8.12. The number of halogens is 1. The van der Waals surface area contributed by atoms with Gasteiger partial charge in [-0.1, -0.05) is 41.1 Å². The van der Waals surface area contributed by atoms with Crippen molar-refractivity contribution >= 4 is 33.7 Å². The van der Waals surface area contributed by atoms with E-state index in [1.807, 2.05) is 13.0 Å². The zero-order valence-corrected chi connectivity index (χ0v) is 14.9. The molecule has 1 aliphatic carbocycles. The van der Waals surface area contributed by atoms with Crippen molar-refractivity contribution in [3.63, 3.8) is 0 Å². The van der Waals surface area contributed by atoms with E-state index in [-0.39, 0.29) is 24.5 Å². The van der Waals surface area contributed by atoms with Crippen LogP contribution in [-0.2, 0) is 19.1 Å². The lowest BCUT2D eigenvalue weighted by molar-refractivity contribution is -0.169. The lowest BCUT2D eigenvalue weighted by Gasteiger charge is -2.23. The molecule has 5 nitrogen and oxygen atoms in total. The molecule has 0 heterocycles. The average molecular weight is 383 g/mol. The Bertz CT molecular complexity index is 624. The predicted molar refractivity (Wildman–Crippen MR) is 86.8 cm³/mol. The lowest BCUT2D eigenvalue weighted by atomic mass is 9.84. The van der Waals surface area contributed by atoms with E-state index < -0.39 is 23.3 Å². The molecule has 0 aromatic heterocycles. The van der Waals surface area contributed by atoms with Gasteiger partial charge in [-0.15, -0.1) is 0 Å². The first-order valence-electron chi connectivity index (χ1n) is 7.33. The Labute approximate surface area is 143 Å². The Morgan fingerprint density at radius 3 is 2.17 bits per heavy atom. The second-order valence-electron chi connectivity index (χ2n) is 5.90. The van der Waals surface area contributed by atoms with Crippen LogP contribution in [0.4, 0.5) is 0 Å². The molecule has 0 spiro atoms. The van der Waals surface area contributed by atoms with Crippen molar-refractivity contribution in [2.45, 2.75) is 19.8 Å². The van der Waals surface area contributed by atoms with Gasteiger partial charge in [0, 0.05) is 16.0 Å². The van der Waals surface area contributed by atoms with Crippen LogP contribution in [0.1, 0.15) is 30.1 Å². The molecule has 1 fully saturated rings. The lowest BCUT2D eigenvalue weighted by Crippen LogP contribution is -2.39. The van der Waals surface area contributed by atoms with Crippen LogP contribution >= 0.6 is 15.9 Å². The van der Waals surface area contributed by atoms with E-state index in [1.165, 1.54) is 14.2 Å². The maximum atomic E-state index is 12.9. The normalized spacial score (nSPS) is 22.4. The number of rotatable bonds is 4. The van der Waals surface area contributed by atoms with Crippen LogP contribution in [-0.4, -0.2) is 31.9 Å². The number of carbonyl (C=O) groups excluding carboxylic acids is 3. The van der Waals surface area contributed by atoms with Crippen LogP contribution in [0, 0.1) is 17.3 Å². The van der Waals surface area contributed by atoms with Crippen LogP contribution in [0.15, 0.2) is 28.7 Å². The minimum Gasteiger partial charge on any atom is -0.468 e. The highest BCUT2D eigenvalue weighted by atomic mass is 79.9. The van der Waals surface area contributed by atoms with Crippen molar-refractivity contribution in [2.24, 2.45) is 17.3 Å². The third-order valence-corrected chi connectivity index (χ3v) is 5.25. The van der Waals surface area contributed by atoms with E-state index in [4.69, 9.17) is 9.47 Å². The summed E-state index contributed by atoms with van der Waals surface area (Å²) < 4.78 is 10.3. The molecule has 1 aliphatic rings. The van der Waals surface area contributed by atoms with Gasteiger partial charge in [0.2, 0.25) is 0 Å². The highest BCUT2D eigenvalue weighted by Gasteiger charge is 2.57. The SMILES string of the molecule is COC(=O)C1(C(=O)OC)C[C@H](C(=O)c2ccccc2Br)[C@@H](C)C1. The van der Waals surface area contributed by atoms with Gasteiger partial charge in [0.05, 0.1) is 14.2 Å². The predicted octanol–water partition coefficient (Wildman–Crippen LogP) is 3.01. The van der Waals surface area contributed by atoms with Crippen molar-refractivity contribution in [3.05, 3.63) is 34.3 Å². The Kier molecular flexibility index (Phi) is 5.24. The number of Topliss-reactive ketones (excluding diaryl/α,β-unsaturated/α-hetero) is 1. The van der Waals surface area contributed by atoms with Crippen molar-refractivity contribution in [3.8, 4) is 0 Å². The summed E-state index contributed by atoms with van der Waals surface area (Å²) in [6, 6.07) is 7.13. The minimum atomic E-state index is -1.40. The molecule has 124 valence electrons. The van der Waals surface area contributed by atoms with Crippen LogP contribution in [0.5, 0.6) is 0 Å². The van der Waals surface area contributed by atoms with Gasteiger partial charge >= 0.3 is 11.9 Å². The average Bonchev–Trinajstić information content (AvgIpc) is 2.91. The second kappa shape index (κ2) is 6.83. The van der Waals surface area contributed by atoms with Gasteiger partial charge in [0.25, 0.3) is 0 Å². The summed E-state index contributed by atoms with van der Waals surface area (Å²) in [5.74, 6) is -1.93. The molecule has 2 rings (SSSR count). The standard InChI is InChI=1S/C17H19BrO5/c1-10-8-17(15(20)22-2,16(21)23-3)9-12(10)14(19)11-6-4-5-7-13(11)18/h4-7,10,12H,8-9H2,1-3H3/t10-,12-/m0/s1. The van der Waals surface area contributed by atoms with Gasteiger partial charge in [-0.25, -0.2) is 0 Å². The van der Waals surface area contributed by atoms with E-state index in [0.717, 1.165) is 0 Å². The first-order chi connectivity index (χ1) is 10.9. The molecule has 0 saturated heterocycles. The maximum absolute atomic E-state index is 12.9. The molecular weight excluding hydrogens is 364 g/mol. The second-order valence-corrected chi connectivity index (χ2v) is 6.76. The summed E-state index contributed by atoms with van der Waals surface area (Å²) in [5, 5.41) is 0. The van der Waals surface area contributed by atoms with E-state index in [9.17, 15) is 14.4 Å². The molecule has 1 aromatic carbocycles. The molecule has 2 atom stereocenters. The number of ether oxygens (including phenoxy) is 2. The Balaban J connectivity index is 2.36. The van der Waals surface area contributed by atoms with Gasteiger partial charge in [0.1, 0.15) is 0 Å². The number of carbonyl (C=O) groups is 3. The number of esters is 2. The van der Waals surface area contributed by atoms with Crippen molar-refractivity contribution in [1.82, 2.24) is 0 Å². The maximum Gasteiger partial charge on any atom is 0.323 e. The molecule has 6 heteroatoms. The third kappa shape index (κ3) is 3.04. The number of hydrogen-bond donors (Lipinski definition) is 0. The molecule has 1 saturated carbocycles. The fraction of sp³-hybridized carbons (Fsp3) is 0.471. The monoisotopic (exact) mass is 382 g/mol.